The van der Waals surface area contributed by atoms with Crippen LogP contribution in [0.3, 0.4) is 0 Å². The van der Waals surface area contributed by atoms with Gasteiger partial charge in [-0.15, -0.1) is 0 Å². The summed E-state index contributed by atoms with van der Waals surface area (Å²) < 4.78 is 0. The van der Waals surface area contributed by atoms with Crippen molar-refractivity contribution in [2.24, 2.45) is 0 Å². The smallest absolute Gasteiger partial charge is 0.295 e. The van der Waals surface area contributed by atoms with E-state index in [0.717, 1.165) is 6.07 Å². The Hall–Kier alpha value is -3.51. The van der Waals surface area contributed by atoms with Gasteiger partial charge >= 0.3 is 0 Å². The predicted octanol–water partition coefficient (Wildman–Crippen LogP) is 3.28. The van der Waals surface area contributed by atoms with Crippen molar-refractivity contribution < 1.29 is 14.6 Å². The molecule has 2 rings (SSSR count). The average molecular weight is 347 g/mol. The first-order chi connectivity index (χ1) is 11.3. The van der Waals surface area contributed by atoms with E-state index in [4.69, 9.17) is 16.9 Å². The molecule has 0 radical (unpaired) electrons. The number of para-hydroxylation sites is 1. The Kier molecular flexibility index (Phi) is 4.72. The van der Waals surface area contributed by atoms with Crippen LogP contribution in [0.5, 0.6) is 0 Å². The third kappa shape index (κ3) is 3.29. The van der Waals surface area contributed by atoms with Crippen LogP contribution in [0.1, 0.15) is 15.9 Å². The van der Waals surface area contributed by atoms with Gasteiger partial charge in [0.1, 0.15) is 11.1 Å². The first-order valence-corrected chi connectivity index (χ1v) is 6.65. The minimum Gasteiger partial charge on any atom is -0.321 e. The number of amides is 1. The molecule has 0 spiro atoms. The van der Waals surface area contributed by atoms with Gasteiger partial charge in [-0.3, -0.25) is 25.0 Å². The zero-order valence-electron chi connectivity index (χ0n) is 11.7. The maximum absolute atomic E-state index is 12.3. The van der Waals surface area contributed by atoms with Gasteiger partial charge in [0.05, 0.1) is 32.7 Å². The van der Waals surface area contributed by atoms with Gasteiger partial charge in [0.2, 0.25) is 0 Å². The summed E-state index contributed by atoms with van der Waals surface area (Å²) in [5.74, 6) is -0.908. The van der Waals surface area contributed by atoms with E-state index in [1.54, 1.807) is 12.1 Å². The van der Waals surface area contributed by atoms with Gasteiger partial charge in [0, 0.05) is 6.07 Å². The molecule has 9 nitrogen and oxygen atoms in total. The SMILES string of the molecule is N#Cc1ccccc1NC(=O)c1cc([N+](=O)[O-])cc([N+](=O)[O-])c1Cl. The number of nitro groups is 2. The highest BCUT2D eigenvalue weighted by molar-refractivity contribution is 6.36. The zero-order chi connectivity index (χ0) is 17.9. The van der Waals surface area contributed by atoms with Gasteiger partial charge in [-0.05, 0) is 12.1 Å². The van der Waals surface area contributed by atoms with Gasteiger partial charge in [0.25, 0.3) is 17.3 Å². The summed E-state index contributed by atoms with van der Waals surface area (Å²) in [6.45, 7) is 0. The lowest BCUT2D eigenvalue weighted by Crippen LogP contribution is -2.14. The first kappa shape index (κ1) is 16.9. The third-order valence-electron chi connectivity index (χ3n) is 2.99. The second-order valence-electron chi connectivity index (χ2n) is 4.45. The fourth-order valence-corrected chi connectivity index (χ4v) is 2.14. The first-order valence-electron chi connectivity index (χ1n) is 6.28. The summed E-state index contributed by atoms with van der Waals surface area (Å²) in [4.78, 5) is 32.3. The topological polar surface area (TPSA) is 139 Å². The number of nitrogens with zero attached hydrogens (tertiary/aromatic N) is 3. The highest BCUT2D eigenvalue weighted by Crippen LogP contribution is 2.33. The molecular formula is C14H7ClN4O5. The van der Waals surface area contributed by atoms with E-state index in [9.17, 15) is 25.0 Å². The molecule has 0 aliphatic carbocycles. The Morgan fingerprint density at radius 1 is 1.17 bits per heavy atom. The third-order valence-corrected chi connectivity index (χ3v) is 3.38. The minimum absolute atomic E-state index is 0.148. The van der Waals surface area contributed by atoms with Gasteiger partial charge in [-0.25, -0.2) is 0 Å². The van der Waals surface area contributed by atoms with Crippen LogP contribution >= 0.6 is 11.6 Å². The lowest BCUT2D eigenvalue weighted by atomic mass is 10.1. The molecule has 0 saturated carbocycles. The monoisotopic (exact) mass is 346 g/mol. The van der Waals surface area contributed by atoms with Crippen molar-refractivity contribution in [3.05, 3.63) is 72.8 Å². The molecule has 0 bridgehead atoms. The summed E-state index contributed by atoms with van der Waals surface area (Å²) in [7, 11) is 0. The summed E-state index contributed by atoms with van der Waals surface area (Å²) in [5, 5.41) is 32.7. The quantitative estimate of drug-likeness (QED) is 0.665. The number of benzene rings is 2. The highest BCUT2D eigenvalue weighted by atomic mass is 35.5. The second-order valence-corrected chi connectivity index (χ2v) is 4.83. The number of anilines is 1. The van der Waals surface area contributed by atoms with Crippen molar-refractivity contribution in [2.75, 3.05) is 5.32 Å². The number of carbonyl (C=O) groups excluding carboxylic acids is 1. The van der Waals surface area contributed by atoms with Crippen molar-refractivity contribution in [3.63, 3.8) is 0 Å². The van der Waals surface area contributed by atoms with Gasteiger partial charge in [-0.1, -0.05) is 23.7 Å². The Morgan fingerprint density at radius 2 is 1.83 bits per heavy atom. The van der Waals surface area contributed by atoms with Crippen molar-refractivity contribution >= 4 is 34.6 Å². The van der Waals surface area contributed by atoms with Crippen LogP contribution in [-0.4, -0.2) is 15.8 Å². The van der Waals surface area contributed by atoms with Crippen molar-refractivity contribution in [2.45, 2.75) is 0 Å². The fourth-order valence-electron chi connectivity index (χ4n) is 1.88. The van der Waals surface area contributed by atoms with E-state index in [-0.39, 0.29) is 11.3 Å². The van der Waals surface area contributed by atoms with E-state index < -0.39 is 37.7 Å². The van der Waals surface area contributed by atoms with E-state index >= 15 is 0 Å². The highest BCUT2D eigenvalue weighted by Gasteiger charge is 2.26. The molecule has 0 heterocycles. The van der Waals surface area contributed by atoms with Crippen molar-refractivity contribution in [1.82, 2.24) is 0 Å². The number of nitro benzene ring substituents is 2. The fraction of sp³-hybridized carbons (Fsp3) is 0. The summed E-state index contributed by atoms with van der Waals surface area (Å²) in [6.07, 6.45) is 0. The zero-order valence-corrected chi connectivity index (χ0v) is 12.5. The lowest BCUT2D eigenvalue weighted by Gasteiger charge is -2.08. The van der Waals surface area contributed by atoms with Crippen LogP contribution in [0.25, 0.3) is 0 Å². The minimum atomic E-state index is -0.921. The number of nitriles is 1. The molecule has 120 valence electrons. The van der Waals surface area contributed by atoms with E-state index in [0.29, 0.717) is 6.07 Å². The van der Waals surface area contributed by atoms with Gasteiger partial charge in [0.15, 0.2) is 0 Å². The standard InChI is InChI=1S/C14H7ClN4O5/c15-13-10(5-9(18(21)22)6-12(13)19(23)24)14(20)17-11-4-2-1-3-8(11)7-16/h1-6H,(H,17,20). The molecule has 0 unspecified atom stereocenters. The molecular weight excluding hydrogens is 340 g/mol. The number of rotatable bonds is 4. The predicted molar refractivity (Wildman–Crippen MR) is 83.9 cm³/mol. The van der Waals surface area contributed by atoms with Crippen LogP contribution in [0.2, 0.25) is 5.02 Å². The second kappa shape index (κ2) is 6.72. The van der Waals surface area contributed by atoms with Crippen molar-refractivity contribution in [3.8, 4) is 6.07 Å². The molecule has 10 heteroatoms. The number of hydrogen-bond acceptors (Lipinski definition) is 6. The largest absolute Gasteiger partial charge is 0.321 e. The average Bonchev–Trinajstić information content (AvgIpc) is 2.54. The number of carbonyl (C=O) groups is 1. The number of halogens is 1. The summed E-state index contributed by atoms with van der Waals surface area (Å²) >= 11 is 5.83. The molecule has 0 aromatic heterocycles. The normalized spacial score (nSPS) is 9.83. The van der Waals surface area contributed by atoms with Gasteiger partial charge in [-0.2, -0.15) is 5.26 Å². The maximum atomic E-state index is 12.3. The molecule has 2 aromatic carbocycles. The molecule has 1 N–H and O–H groups in total. The number of hydrogen-bond donors (Lipinski definition) is 1. The van der Waals surface area contributed by atoms with Crippen LogP contribution in [0.4, 0.5) is 17.1 Å². The Labute approximate surface area is 139 Å². The molecule has 1 amide bonds. The maximum Gasteiger partial charge on any atom is 0.295 e. The van der Waals surface area contributed by atoms with Crippen LogP contribution in [0, 0.1) is 31.6 Å². The van der Waals surface area contributed by atoms with Crippen LogP contribution < -0.4 is 5.32 Å². The summed E-state index contributed by atoms with van der Waals surface area (Å²) in [5.41, 5.74) is -1.54. The molecule has 0 saturated heterocycles. The molecule has 2 aromatic rings. The van der Waals surface area contributed by atoms with Gasteiger partial charge < -0.3 is 5.32 Å². The Morgan fingerprint density at radius 3 is 2.42 bits per heavy atom. The van der Waals surface area contributed by atoms with Crippen molar-refractivity contribution in [1.29, 1.82) is 5.26 Å². The molecule has 0 atom stereocenters. The van der Waals surface area contributed by atoms with Crippen LogP contribution in [-0.2, 0) is 0 Å². The molecule has 0 aliphatic heterocycles. The molecule has 24 heavy (non-hydrogen) atoms. The number of nitrogens with one attached hydrogen (secondary N) is 1. The molecule has 0 aliphatic rings. The molecule has 0 fully saturated rings. The van der Waals surface area contributed by atoms with E-state index in [2.05, 4.69) is 5.32 Å². The summed E-state index contributed by atoms with van der Waals surface area (Å²) in [6, 6.07) is 9.40. The van der Waals surface area contributed by atoms with E-state index in [1.165, 1.54) is 12.1 Å². The number of non-ortho nitro benzene ring substituents is 1. The Balaban J connectivity index is 2.51. The lowest BCUT2D eigenvalue weighted by molar-refractivity contribution is -0.394. The van der Waals surface area contributed by atoms with E-state index in [1.807, 2.05) is 6.07 Å². The Bertz CT molecular complexity index is 907. The van der Waals surface area contributed by atoms with Crippen LogP contribution in [0.15, 0.2) is 36.4 Å².